The van der Waals surface area contributed by atoms with Gasteiger partial charge in [0.05, 0.1) is 25.4 Å². The smallest absolute Gasteiger partial charge is 0.148 e. The highest BCUT2D eigenvalue weighted by Gasteiger charge is 2.44. The first-order valence-electron chi connectivity index (χ1n) is 6.50. The normalized spacial score (nSPS) is 41.3. The van der Waals surface area contributed by atoms with E-state index < -0.39 is 0 Å². The molecule has 3 heteroatoms. The molecule has 0 spiro atoms. The number of ether oxygens (including phenoxy) is 3. The van der Waals surface area contributed by atoms with E-state index in [1.165, 1.54) is 11.1 Å². The second kappa shape index (κ2) is 4.19. The van der Waals surface area contributed by atoms with Gasteiger partial charge in [0.2, 0.25) is 0 Å². The maximum Gasteiger partial charge on any atom is 0.148 e. The standard InChI is InChI=1S/C15H16O3/c1-2-5-11-10(4-1)14-12(6-3-7-17-14)13-8-16-9-18-15(11)13/h1-6,10-11,14-15H,7-9H2. The number of allylic oxidation sites excluding steroid dienone is 2. The maximum atomic E-state index is 5.96. The van der Waals surface area contributed by atoms with Gasteiger partial charge in [-0.3, -0.25) is 0 Å². The molecule has 4 aliphatic rings. The molecular formula is C15H16O3. The fraction of sp³-hybridized carbons (Fsp3) is 0.467. The Morgan fingerprint density at radius 3 is 2.72 bits per heavy atom. The molecule has 2 aliphatic heterocycles. The van der Waals surface area contributed by atoms with E-state index in [1.807, 2.05) is 0 Å². The van der Waals surface area contributed by atoms with Gasteiger partial charge in [-0.15, -0.1) is 0 Å². The maximum absolute atomic E-state index is 5.96. The summed E-state index contributed by atoms with van der Waals surface area (Å²) < 4.78 is 17.3. The number of hydrogen-bond acceptors (Lipinski definition) is 3. The number of rotatable bonds is 0. The third kappa shape index (κ3) is 1.48. The molecule has 94 valence electrons. The molecule has 0 aromatic heterocycles. The highest BCUT2D eigenvalue weighted by molar-refractivity contribution is 5.42. The SMILES string of the molecule is C1=CC2C3OCC=CC3=C3COCOC3C2C=C1. The van der Waals surface area contributed by atoms with Crippen molar-refractivity contribution in [2.45, 2.75) is 12.2 Å². The van der Waals surface area contributed by atoms with E-state index in [0.717, 1.165) is 0 Å². The lowest BCUT2D eigenvalue weighted by molar-refractivity contribution is -0.135. The summed E-state index contributed by atoms with van der Waals surface area (Å²) in [5.41, 5.74) is 2.54. The van der Waals surface area contributed by atoms with Crippen LogP contribution in [-0.2, 0) is 14.2 Å². The van der Waals surface area contributed by atoms with E-state index in [1.54, 1.807) is 0 Å². The topological polar surface area (TPSA) is 27.7 Å². The highest BCUT2D eigenvalue weighted by atomic mass is 16.7. The third-order valence-electron chi connectivity index (χ3n) is 4.20. The van der Waals surface area contributed by atoms with Gasteiger partial charge in [0.15, 0.2) is 0 Å². The van der Waals surface area contributed by atoms with Crippen LogP contribution in [0.1, 0.15) is 0 Å². The quantitative estimate of drug-likeness (QED) is 0.652. The first-order valence-corrected chi connectivity index (χ1v) is 6.50. The summed E-state index contributed by atoms with van der Waals surface area (Å²) in [6, 6.07) is 0. The minimum atomic E-state index is 0.155. The molecule has 4 unspecified atom stereocenters. The van der Waals surface area contributed by atoms with E-state index >= 15 is 0 Å². The van der Waals surface area contributed by atoms with Gasteiger partial charge in [0.1, 0.15) is 6.79 Å². The molecular weight excluding hydrogens is 228 g/mol. The predicted molar refractivity (Wildman–Crippen MR) is 66.9 cm³/mol. The third-order valence-corrected chi connectivity index (χ3v) is 4.20. The zero-order chi connectivity index (χ0) is 11.9. The lowest BCUT2D eigenvalue weighted by Gasteiger charge is -2.45. The monoisotopic (exact) mass is 244 g/mol. The van der Waals surface area contributed by atoms with Crippen LogP contribution >= 0.6 is 0 Å². The van der Waals surface area contributed by atoms with Gasteiger partial charge in [-0.1, -0.05) is 36.5 Å². The van der Waals surface area contributed by atoms with Crippen molar-refractivity contribution in [1.29, 1.82) is 0 Å². The van der Waals surface area contributed by atoms with Crippen molar-refractivity contribution in [3.63, 3.8) is 0 Å². The van der Waals surface area contributed by atoms with Gasteiger partial charge >= 0.3 is 0 Å². The Morgan fingerprint density at radius 2 is 1.83 bits per heavy atom. The van der Waals surface area contributed by atoms with Crippen molar-refractivity contribution in [1.82, 2.24) is 0 Å². The molecule has 0 aromatic rings. The minimum absolute atomic E-state index is 0.155. The summed E-state index contributed by atoms with van der Waals surface area (Å²) in [7, 11) is 0. The van der Waals surface area contributed by atoms with E-state index in [-0.39, 0.29) is 12.2 Å². The van der Waals surface area contributed by atoms with Crippen LogP contribution in [-0.4, -0.2) is 32.2 Å². The molecule has 3 nitrogen and oxygen atoms in total. The molecule has 0 bridgehead atoms. The Hall–Kier alpha value is -1.16. The molecule has 2 heterocycles. The lowest BCUT2D eigenvalue weighted by Crippen LogP contribution is -2.47. The van der Waals surface area contributed by atoms with Gasteiger partial charge < -0.3 is 14.2 Å². The van der Waals surface area contributed by atoms with Crippen molar-refractivity contribution >= 4 is 0 Å². The molecule has 4 atom stereocenters. The Morgan fingerprint density at radius 1 is 1.00 bits per heavy atom. The zero-order valence-corrected chi connectivity index (χ0v) is 10.1. The molecule has 0 N–H and O–H groups in total. The average molecular weight is 244 g/mol. The first kappa shape index (κ1) is 10.7. The highest BCUT2D eigenvalue weighted by Crippen LogP contribution is 2.43. The minimum Gasteiger partial charge on any atom is -0.369 e. The van der Waals surface area contributed by atoms with Crippen molar-refractivity contribution in [2.75, 3.05) is 20.0 Å². The van der Waals surface area contributed by atoms with Crippen LogP contribution in [0.15, 0.2) is 47.6 Å². The van der Waals surface area contributed by atoms with Gasteiger partial charge in [-0.2, -0.15) is 0 Å². The predicted octanol–water partition coefficient (Wildman–Crippen LogP) is 1.98. The van der Waals surface area contributed by atoms with Gasteiger partial charge in [0.25, 0.3) is 0 Å². The van der Waals surface area contributed by atoms with Gasteiger partial charge in [0, 0.05) is 11.8 Å². The first-order chi connectivity index (χ1) is 8.95. The second-order valence-electron chi connectivity index (χ2n) is 5.11. The Balaban J connectivity index is 1.84. The molecule has 1 saturated heterocycles. The zero-order valence-electron chi connectivity index (χ0n) is 10.1. The van der Waals surface area contributed by atoms with Crippen LogP contribution in [0.5, 0.6) is 0 Å². The Bertz CT molecular complexity index is 472. The summed E-state index contributed by atoms with van der Waals surface area (Å²) >= 11 is 0. The van der Waals surface area contributed by atoms with Crippen molar-refractivity contribution in [2.24, 2.45) is 11.8 Å². The van der Waals surface area contributed by atoms with Gasteiger partial charge in [-0.25, -0.2) is 0 Å². The summed E-state index contributed by atoms with van der Waals surface area (Å²) in [6.07, 6.45) is 13.3. The van der Waals surface area contributed by atoms with E-state index in [2.05, 4.69) is 36.5 Å². The van der Waals surface area contributed by atoms with E-state index in [9.17, 15) is 0 Å². The molecule has 0 saturated carbocycles. The van der Waals surface area contributed by atoms with Crippen LogP contribution in [0.3, 0.4) is 0 Å². The molecule has 0 aromatic carbocycles. The molecule has 4 rings (SSSR count). The van der Waals surface area contributed by atoms with Gasteiger partial charge in [-0.05, 0) is 11.1 Å². The number of fused-ring (bicyclic) bond motifs is 5. The van der Waals surface area contributed by atoms with E-state index in [0.29, 0.717) is 31.8 Å². The Labute approximate surface area is 106 Å². The van der Waals surface area contributed by atoms with Crippen molar-refractivity contribution in [3.8, 4) is 0 Å². The summed E-state index contributed by atoms with van der Waals surface area (Å²) in [6.45, 7) is 1.77. The molecule has 18 heavy (non-hydrogen) atoms. The summed E-state index contributed by atoms with van der Waals surface area (Å²) in [5, 5.41) is 0. The fourth-order valence-corrected chi connectivity index (χ4v) is 3.42. The van der Waals surface area contributed by atoms with Crippen LogP contribution < -0.4 is 0 Å². The molecule has 1 fully saturated rings. The molecule has 0 amide bonds. The van der Waals surface area contributed by atoms with Crippen LogP contribution in [0.4, 0.5) is 0 Å². The Kier molecular flexibility index (Phi) is 2.50. The van der Waals surface area contributed by atoms with E-state index in [4.69, 9.17) is 14.2 Å². The van der Waals surface area contributed by atoms with Crippen molar-refractivity contribution < 1.29 is 14.2 Å². The molecule has 2 aliphatic carbocycles. The van der Waals surface area contributed by atoms with Crippen LogP contribution in [0, 0.1) is 11.8 Å². The van der Waals surface area contributed by atoms with Crippen LogP contribution in [0.25, 0.3) is 0 Å². The summed E-state index contributed by atoms with van der Waals surface area (Å²) in [5.74, 6) is 0.774. The summed E-state index contributed by atoms with van der Waals surface area (Å²) in [4.78, 5) is 0. The molecule has 0 radical (unpaired) electrons. The van der Waals surface area contributed by atoms with Crippen LogP contribution in [0.2, 0.25) is 0 Å². The number of hydrogen-bond donors (Lipinski definition) is 0. The fourth-order valence-electron chi connectivity index (χ4n) is 3.42. The average Bonchev–Trinajstić information content (AvgIpc) is 2.48. The van der Waals surface area contributed by atoms with Crippen molar-refractivity contribution in [3.05, 3.63) is 47.6 Å². The lowest BCUT2D eigenvalue weighted by atomic mass is 9.69. The largest absolute Gasteiger partial charge is 0.369 e. The second-order valence-corrected chi connectivity index (χ2v) is 5.11.